The number of allylic oxidation sites excluding steroid dienone is 2. The number of carbonyl (C=O) groups is 2. The van der Waals surface area contributed by atoms with Crippen LogP contribution in [0.1, 0.15) is 35.2 Å². The number of benzene rings is 2. The van der Waals surface area contributed by atoms with E-state index in [1.165, 1.54) is 0 Å². The molecular weight excluding hydrogens is 316 g/mol. The van der Waals surface area contributed by atoms with E-state index in [2.05, 4.69) is 0 Å². The standard InChI is InChI=1S/C21H20O2S/c1-2-24-19-14-17(22)13-18(15-9-5-3-6-10-15)20(19)21(23)16-11-7-4-8-12-16/h3-12,14,18,20H,2,13H2,1H3/t18-,20+/m1/s1. The molecule has 0 saturated carbocycles. The maximum absolute atomic E-state index is 13.2. The molecule has 0 aliphatic heterocycles. The molecule has 2 atom stereocenters. The van der Waals surface area contributed by atoms with Crippen molar-refractivity contribution >= 4 is 23.3 Å². The van der Waals surface area contributed by atoms with Crippen molar-refractivity contribution in [2.24, 2.45) is 5.92 Å². The summed E-state index contributed by atoms with van der Waals surface area (Å²) < 4.78 is 0. The van der Waals surface area contributed by atoms with E-state index in [0.29, 0.717) is 12.0 Å². The van der Waals surface area contributed by atoms with Gasteiger partial charge in [-0.05, 0) is 22.3 Å². The molecule has 0 unspecified atom stereocenters. The summed E-state index contributed by atoms with van der Waals surface area (Å²) in [6.45, 7) is 2.05. The largest absolute Gasteiger partial charge is 0.295 e. The molecule has 0 spiro atoms. The number of ketones is 2. The minimum Gasteiger partial charge on any atom is -0.295 e. The topological polar surface area (TPSA) is 34.1 Å². The lowest BCUT2D eigenvalue weighted by Crippen LogP contribution is -2.29. The first-order valence-corrected chi connectivity index (χ1v) is 9.20. The van der Waals surface area contributed by atoms with Gasteiger partial charge in [0.2, 0.25) is 0 Å². The predicted molar refractivity (Wildman–Crippen MR) is 99.3 cm³/mol. The van der Waals surface area contributed by atoms with Gasteiger partial charge in [-0.3, -0.25) is 9.59 Å². The van der Waals surface area contributed by atoms with Crippen molar-refractivity contribution in [3.63, 3.8) is 0 Å². The minimum absolute atomic E-state index is 0.0922. The highest BCUT2D eigenvalue weighted by molar-refractivity contribution is 8.03. The molecule has 1 aliphatic carbocycles. The second-order valence-corrected chi connectivity index (χ2v) is 7.21. The number of Topliss-reactive ketones (excluding diaryl/α,β-unsaturated/α-hetero) is 1. The summed E-state index contributed by atoms with van der Waals surface area (Å²) in [5.41, 5.74) is 1.77. The van der Waals surface area contributed by atoms with Crippen molar-refractivity contribution in [3.05, 3.63) is 82.8 Å². The third-order valence-corrected chi connectivity index (χ3v) is 5.31. The molecule has 24 heavy (non-hydrogen) atoms. The number of thioether (sulfide) groups is 1. The quantitative estimate of drug-likeness (QED) is 0.730. The normalized spacial score (nSPS) is 20.5. The Bertz CT molecular complexity index is 750. The average molecular weight is 336 g/mol. The first-order valence-electron chi connectivity index (χ1n) is 8.22. The van der Waals surface area contributed by atoms with Gasteiger partial charge in [0.15, 0.2) is 11.6 Å². The lowest BCUT2D eigenvalue weighted by Gasteiger charge is -2.31. The summed E-state index contributed by atoms with van der Waals surface area (Å²) in [6, 6.07) is 19.3. The van der Waals surface area contributed by atoms with Gasteiger partial charge < -0.3 is 0 Å². The molecule has 2 nitrogen and oxygen atoms in total. The number of hydrogen-bond acceptors (Lipinski definition) is 3. The first-order chi connectivity index (χ1) is 11.7. The van der Waals surface area contributed by atoms with E-state index in [1.807, 2.05) is 67.6 Å². The average Bonchev–Trinajstić information content (AvgIpc) is 2.62. The van der Waals surface area contributed by atoms with Crippen LogP contribution in [0.25, 0.3) is 0 Å². The molecule has 122 valence electrons. The summed E-state index contributed by atoms with van der Waals surface area (Å²) in [7, 11) is 0. The van der Waals surface area contributed by atoms with Crippen molar-refractivity contribution in [2.75, 3.05) is 5.75 Å². The zero-order chi connectivity index (χ0) is 16.9. The van der Waals surface area contributed by atoms with Crippen LogP contribution in [0.3, 0.4) is 0 Å². The van der Waals surface area contributed by atoms with E-state index in [-0.39, 0.29) is 23.4 Å². The zero-order valence-corrected chi connectivity index (χ0v) is 14.5. The molecule has 2 aromatic rings. The predicted octanol–water partition coefficient (Wildman–Crippen LogP) is 4.88. The highest BCUT2D eigenvalue weighted by Gasteiger charge is 2.37. The Labute approximate surface area is 147 Å². The van der Waals surface area contributed by atoms with Crippen LogP contribution in [0, 0.1) is 5.92 Å². The molecule has 0 amide bonds. The minimum atomic E-state index is -0.280. The monoisotopic (exact) mass is 336 g/mol. The van der Waals surface area contributed by atoms with E-state index in [0.717, 1.165) is 16.2 Å². The summed E-state index contributed by atoms with van der Waals surface area (Å²) in [5.74, 6) is 0.683. The molecule has 0 aromatic heterocycles. The number of hydrogen-bond donors (Lipinski definition) is 0. The Morgan fingerprint density at radius 3 is 2.29 bits per heavy atom. The van der Waals surface area contributed by atoms with Crippen LogP contribution in [0.15, 0.2) is 71.6 Å². The van der Waals surface area contributed by atoms with Crippen LogP contribution in [0.5, 0.6) is 0 Å². The van der Waals surface area contributed by atoms with Gasteiger partial charge in [-0.2, -0.15) is 0 Å². The van der Waals surface area contributed by atoms with E-state index in [1.54, 1.807) is 17.8 Å². The molecule has 0 radical (unpaired) electrons. The SMILES string of the molecule is CCSC1=CC(=O)C[C@H](c2ccccc2)[C@@H]1C(=O)c1ccccc1. The molecule has 0 heterocycles. The first kappa shape index (κ1) is 16.7. The zero-order valence-electron chi connectivity index (χ0n) is 13.6. The molecule has 0 N–H and O–H groups in total. The molecule has 2 aromatic carbocycles. The highest BCUT2D eigenvalue weighted by atomic mass is 32.2. The van der Waals surface area contributed by atoms with E-state index in [4.69, 9.17) is 0 Å². The van der Waals surface area contributed by atoms with Gasteiger partial charge in [-0.1, -0.05) is 67.6 Å². The fraction of sp³-hybridized carbons (Fsp3) is 0.238. The lowest BCUT2D eigenvalue weighted by molar-refractivity contribution is -0.115. The third-order valence-electron chi connectivity index (χ3n) is 4.31. The lowest BCUT2D eigenvalue weighted by atomic mass is 9.75. The van der Waals surface area contributed by atoms with Crippen LogP contribution < -0.4 is 0 Å². The van der Waals surface area contributed by atoms with E-state index >= 15 is 0 Å². The van der Waals surface area contributed by atoms with Gasteiger partial charge in [0.1, 0.15) is 0 Å². The van der Waals surface area contributed by atoms with Crippen molar-refractivity contribution in [3.8, 4) is 0 Å². The summed E-state index contributed by atoms with van der Waals surface area (Å²) in [5, 5.41) is 0. The van der Waals surface area contributed by atoms with Crippen molar-refractivity contribution in [1.82, 2.24) is 0 Å². The summed E-state index contributed by atoms with van der Waals surface area (Å²) in [4.78, 5) is 26.3. The Kier molecular flexibility index (Phi) is 5.31. The van der Waals surface area contributed by atoms with Crippen molar-refractivity contribution in [2.45, 2.75) is 19.3 Å². The second kappa shape index (κ2) is 7.63. The molecular formula is C21H20O2S. The molecule has 0 saturated heterocycles. The van der Waals surface area contributed by atoms with Crippen molar-refractivity contribution < 1.29 is 9.59 Å². The van der Waals surface area contributed by atoms with Crippen LogP contribution >= 0.6 is 11.8 Å². The maximum Gasteiger partial charge on any atom is 0.171 e. The van der Waals surface area contributed by atoms with Crippen molar-refractivity contribution in [1.29, 1.82) is 0 Å². The Balaban J connectivity index is 2.05. The van der Waals surface area contributed by atoms with E-state index < -0.39 is 0 Å². The molecule has 0 fully saturated rings. The Morgan fingerprint density at radius 2 is 1.67 bits per heavy atom. The van der Waals surface area contributed by atoms with Gasteiger partial charge >= 0.3 is 0 Å². The second-order valence-electron chi connectivity index (χ2n) is 5.88. The summed E-state index contributed by atoms with van der Waals surface area (Å²) in [6.07, 6.45) is 2.07. The van der Waals surface area contributed by atoms with Crippen LogP contribution in [-0.2, 0) is 4.79 Å². The van der Waals surface area contributed by atoms with Gasteiger partial charge in [0.25, 0.3) is 0 Å². The Morgan fingerprint density at radius 1 is 1.04 bits per heavy atom. The fourth-order valence-corrected chi connectivity index (χ4v) is 4.24. The molecule has 3 heteroatoms. The van der Waals surface area contributed by atoms with Crippen LogP contribution in [0.4, 0.5) is 0 Å². The Hall–Kier alpha value is -2.13. The smallest absolute Gasteiger partial charge is 0.171 e. The van der Waals surface area contributed by atoms with Gasteiger partial charge in [-0.25, -0.2) is 0 Å². The molecule has 0 bridgehead atoms. The molecule has 3 rings (SSSR count). The molecule has 1 aliphatic rings. The van der Waals surface area contributed by atoms with Gasteiger partial charge in [0, 0.05) is 17.9 Å². The fourth-order valence-electron chi connectivity index (χ4n) is 3.24. The van der Waals surface area contributed by atoms with Crippen LogP contribution in [0.2, 0.25) is 0 Å². The van der Waals surface area contributed by atoms with Crippen LogP contribution in [-0.4, -0.2) is 17.3 Å². The number of rotatable bonds is 5. The van der Waals surface area contributed by atoms with E-state index in [9.17, 15) is 9.59 Å². The highest BCUT2D eigenvalue weighted by Crippen LogP contribution is 2.43. The third kappa shape index (κ3) is 3.51. The van der Waals surface area contributed by atoms with Gasteiger partial charge in [-0.15, -0.1) is 11.8 Å². The summed E-state index contributed by atoms with van der Waals surface area (Å²) >= 11 is 1.60. The number of carbonyl (C=O) groups excluding carboxylic acids is 2. The van der Waals surface area contributed by atoms with Gasteiger partial charge in [0.05, 0.1) is 5.92 Å². The maximum atomic E-state index is 13.2.